The van der Waals surface area contributed by atoms with E-state index in [0.29, 0.717) is 150 Å². The lowest BCUT2D eigenvalue weighted by Crippen LogP contribution is -2.37. The molecule has 11 aliphatic rings. The maximum absolute atomic E-state index is 12.3. The van der Waals surface area contributed by atoms with Crippen molar-refractivity contribution in [3.8, 4) is 0 Å². The van der Waals surface area contributed by atoms with Crippen LogP contribution in [0.2, 0.25) is 0 Å². The fourth-order valence-corrected chi connectivity index (χ4v) is 18.8. The van der Waals surface area contributed by atoms with E-state index in [4.69, 9.17) is 23.7 Å². The minimum Gasteiger partial charge on any atom is -0.466 e. The second kappa shape index (κ2) is 47.4. The van der Waals surface area contributed by atoms with Crippen molar-refractivity contribution in [3.05, 3.63) is 60.8 Å². The summed E-state index contributed by atoms with van der Waals surface area (Å²) in [6, 6.07) is 0. The number of fused-ring (bicyclic) bond motifs is 10. The van der Waals surface area contributed by atoms with Crippen LogP contribution in [-0.4, -0.2) is 179 Å². The molecule has 6 aliphatic carbocycles. The molecule has 0 aromatic rings. The van der Waals surface area contributed by atoms with Crippen LogP contribution in [0.5, 0.6) is 0 Å². The van der Waals surface area contributed by atoms with E-state index >= 15 is 0 Å². The maximum atomic E-state index is 12.3. The Balaban J connectivity index is 0.000000261. The van der Waals surface area contributed by atoms with Crippen LogP contribution in [0.3, 0.4) is 0 Å². The van der Waals surface area contributed by atoms with Crippen molar-refractivity contribution in [3.63, 3.8) is 0 Å². The van der Waals surface area contributed by atoms with Gasteiger partial charge in [-0.1, -0.05) is 139 Å². The second-order valence-corrected chi connectivity index (χ2v) is 32.5. The van der Waals surface area contributed by atoms with E-state index in [9.17, 15) is 71.9 Å². The molecule has 25 nitrogen and oxygen atoms in total. The van der Waals surface area contributed by atoms with Gasteiger partial charge in [-0.15, -0.1) is 0 Å². The third-order valence-corrected chi connectivity index (χ3v) is 24.3. The van der Waals surface area contributed by atoms with Crippen LogP contribution < -0.4 is 0 Å². The molecular weight excluding hydrogens is 1430 g/mol. The van der Waals surface area contributed by atoms with Crippen LogP contribution in [0.25, 0.3) is 0 Å². The third kappa shape index (κ3) is 28.1. The molecule has 25 heteroatoms. The normalized spacial score (nSPS) is 25.1. The first kappa shape index (κ1) is 92.6. The van der Waals surface area contributed by atoms with Gasteiger partial charge >= 0.3 is 29.8 Å². The lowest BCUT2D eigenvalue weighted by Gasteiger charge is -2.31. The van der Waals surface area contributed by atoms with Crippen molar-refractivity contribution in [1.29, 1.82) is 0 Å². The number of hydrogen-bond acceptors (Lipinski definition) is 20. The lowest BCUT2D eigenvalue weighted by atomic mass is 9.76. The number of carbonyl (C=O) groups is 15. The molecule has 0 radical (unpaired) electrons. The van der Waals surface area contributed by atoms with E-state index < -0.39 is 35.6 Å². The number of unbranched alkanes of at least 4 members (excludes halogenated alkanes) is 18. The van der Waals surface area contributed by atoms with Crippen molar-refractivity contribution in [2.24, 2.45) is 76.9 Å². The summed E-state index contributed by atoms with van der Waals surface area (Å²) in [5.74, 6) is 1.68. The molecule has 11 rings (SSSR count). The van der Waals surface area contributed by atoms with Gasteiger partial charge in [0, 0.05) is 99.7 Å². The quantitative estimate of drug-likeness (QED) is 0.0236. The van der Waals surface area contributed by atoms with Crippen molar-refractivity contribution in [1.82, 2.24) is 24.5 Å². The van der Waals surface area contributed by atoms with Crippen LogP contribution in [0, 0.1) is 76.9 Å². The summed E-state index contributed by atoms with van der Waals surface area (Å²) < 4.78 is 27.4. The smallest absolute Gasteiger partial charge is 0.326 e. The highest BCUT2D eigenvalue weighted by Gasteiger charge is 2.57. The number of ether oxygens (including phenoxy) is 5. The average Bonchev–Trinajstić information content (AvgIpc) is 1.59. The molecule has 0 aromatic carbocycles. The van der Waals surface area contributed by atoms with Gasteiger partial charge in [-0.25, -0.2) is 0 Å². The van der Waals surface area contributed by atoms with Crippen LogP contribution in [0.1, 0.15) is 254 Å². The fraction of sp³-hybridized carbons (Fsp3) is 0.713. The Hall–Kier alpha value is -8.25. The van der Waals surface area contributed by atoms with E-state index in [1.807, 2.05) is 0 Å². The second-order valence-electron chi connectivity index (χ2n) is 32.5. The number of amides is 10. The highest BCUT2D eigenvalue weighted by atomic mass is 16.5. The Morgan fingerprint density at radius 1 is 0.295 bits per heavy atom. The van der Waals surface area contributed by atoms with E-state index in [-0.39, 0.29) is 107 Å². The van der Waals surface area contributed by atoms with Gasteiger partial charge in [-0.2, -0.15) is 0 Å². The predicted molar refractivity (Wildman–Crippen MR) is 418 cm³/mol. The Morgan fingerprint density at radius 2 is 0.562 bits per heavy atom. The van der Waals surface area contributed by atoms with E-state index in [2.05, 4.69) is 13.8 Å². The third-order valence-electron chi connectivity index (χ3n) is 24.3. The molecule has 6 fully saturated rings. The summed E-state index contributed by atoms with van der Waals surface area (Å²) in [5, 5.41) is 0. The number of carbonyl (C=O) groups excluding carboxylic acids is 15. The van der Waals surface area contributed by atoms with Crippen molar-refractivity contribution in [2.45, 2.75) is 254 Å². The first-order valence-electron chi connectivity index (χ1n) is 41.1. The zero-order valence-electron chi connectivity index (χ0n) is 64.3. The highest BCUT2D eigenvalue weighted by molar-refractivity contribution is 6.16. The van der Waals surface area contributed by atoms with E-state index in [0.717, 1.165) is 130 Å². The molecule has 12 unspecified atom stereocenters. The molecule has 0 N–H and O–H groups in total. The molecule has 0 saturated heterocycles. The number of nitrogens with zero attached hydrogens (tertiary/aromatic N) is 5. The standard InChI is InChI=1S/C32H42N2O8.C28H49NO4.C24H26N2O8.3CH4/c35-27-9-10-28(36)33(27)13-5-1-3-7-31(39)41-19-21-15-24-22-17-23(25(18-22)26(24)16-21)20-42-32(40)8-4-2-6-14-34-29(37)11-12-30(34)38;1-25(2)19-15-12-10-8-6-4-3-5-7-9-11-13-18-24-33-28(32)20-16-14-17-23-29-26(30)21-22-27(29)31;27-19-1-2-20(28)25(19)9-23(31)33-11-13-5-16-14-7-15(17(8-14)18(16)6-13)12-34-24(32)10-26-21(29)3-4-22(26)30;;;/h9-12,21-26H,1-8,13-20H2;21-22,25H,3-20,23-24H2,1-2H3;1-4,13-18H,5-12H2;3*1H4. The van der Waals surface area contributed by atoms with Crippen LogP contribution >= 0.6 is 0 Å². The van der Waals surface area contributed by atoms with Gasteiger partial charge in [0.1, 0.15) is 13.1 Å². The fourth-order valence-electron chi connectivity index (χ4n) is 18.8. The number of imide groups is 5. The molecule has 622 valence electrons. The van der Waals surface area contributed by atoms with Crippen molar-refractivity contribution in [2.75, 3.05) is 65.8 Å². The van der Waals surface area contributed by atoms with Crippen molar-refractivity contribution < 1.29 is 95.6 Å². The minimum atomic E-state index is -0.583. The molecule has 0 spiro atoms. The highest BCUT2D eigenvalue weighted by Crippen LogP contribution is 2.63. The van der Waals surface area contributed by atoms with Crippen LogP contribution in [0.4, 0.5) is 0 Å². The van der Waals surface area contributed by atoms with Gasteiger partial charge in [0.2, 0.25) is 0 Å². The first-order valence-corrected chi connectivity index (χ1v) is 41.1. The number of esters is 5. The SMILES string of the molecule is C.C.C.CC(C)CCCCCCCCCCCCCCCOC(=O)CCCCCN1C(=O)C=CC1=O.O=C(CCCCCN1C(=O)C=CC1=O)OCC1CC2C3CC(COC(=O)CCCCCN4C(=O)C=CC4=O)C(C3)C2C1.O=C(CN1C(=O)C=CC1=O)OCC1CC2C3CC(COC(=O)CN4C(=O)C=CC4=O)C(C3)C2C1. The Labute approximate surface area is 663 Å². The summed E-state index contributed by atoms with van der Waals surface area (Å²) in [7, 11) is 0. The summed E-state index contributed by atoms with van der Waals surface area (Å²) in [6.07, 6.45) is 47.0. The molecule has 4 bridgehead atoms. The molecule has 12 atom stereocenters. The van der Waals surface area contributed by atoms with Gasteiger partial charge in [-0.3, -0.25) is 96.4 Å². The number of rotatable bonds is 46. The minimum absolute atomic E-state index is 0. The van der Waals surface area contributed by atoms with Gasteiger partial charge in [-0.05, 0) is 173 Å². The molecule has 5 aliphatic heterocycles. The van der Waals surface area contributed by atoms with E-state index in [1.165, 1.54) is 135 Å². The lowest BCUT2D eigenvalue weighted by molar-refractivity contribution is -0.153. The topological polar surface area (TPSA) is 318 Å². The molecule has 112 heavy (non-hydrogen) atoms. The van der Waals surface area contributed by atoms with Gasteiger partial charge in [0.15, 0.2) is 0 Å². The van der Waals surface area contributed by atoms with E-state index in [1.54, 1.807) is 0 Å². The Kier molecular flexibility index (Phi) is 39.2. The first-order chi connectivity index (χ1) is 52.6. The van der Waals surface area contributed by atoms with Gasteiger partial charge in [0.05, 0.1) is 33.0 Å². The molecular formula is C87H129N5O20. The summed E-state index contributed by atoms with van der Waals surface area (Å²) >= 11 is 0. The zero-order chi connectivity index (χ0) is 77.8. The Bertz CT molecular complexity index is 3320. The van der Waals surface area contributed by atoms with Crippen LogP contribution in [-0.2, 0) is 95.6 Å². The predicted octanol–water partition coefficient (Wildman–Crippen LogP) is 12.6. The number of hydrogen-bond donors (Lipinski definition) is 0. The average molecular weight is 1570 g/mol. The maximum Gasteiger partial charge on any atom is 0.326 e. The summed E-state index contributed by atoms with van der Waals surface area (Å²) in [5.41, 5.74) is 0. The van der Waals surface area contributed by atoms with Crippen molar-refractivity contribution >= 4 is 88.9 Å². The largest absolute Gasteiger partial charge is 0.466 e. The Morgan fingerprint density at radius 3 is 0.902 bits per heavy atom. The zero-order valence-corrected chi connectivity index (χ0v) is 64.3. The summed E-state index contributed by atoms with van der Waals surface area (Å²) in [6.45, 7) is 7.15. The van der Waals surface area contributed by atoms with Gasteiger partial charge in [0.25, 0.3) is 59.1 Å². The molecule has 0 aromatic heterocycles. The molecule has 10 amide bonds. The van der Waals surface area contributed by atoms with Gasteiger partial charge < -0.3 is 23.7 Å². The summed E-state index contributed by atoms with van der Waals surface area (Å²) in [4.78, 5) is 182. The van der Waals surface area contributed by atoms with Crippen LogP contribution in [0.15, 0.2) is 60.8 Å². The molecule has 5 heterocycles. The molecule has 6 saturated carbocycles. The monoisotopic (exact) mass is 1560 g/mol.